The molecule has 3 nitrogen and oxygen atoms in total. The van der Waals surface area contributed by atoms with Gasteiger partial charge in [-0.25, -0.2) is 0 Å². The summed E-state index contributed by atoms with van der Waals surface area (Å²) >= 11 is 1.77. The summed E-state index contributed by atoms with van der Waals surface area (Å²) in [5.41, 5.74) is 0. The highest BCUT2D eigenvalue weighted by atomic mass is 35.5. The van der Waals surface area contributed by atoms with Crippen LogP contribution in [0.4, 0.5) is 0 Å². The van der Waals surface area contributed by atoms with E-state index in [2.05, 4.69) is 17.6 Å². The summed E-state index contributed by atoms with van der Waals surface area (Å²) in [6.45, 7) is 6.20. The topological polar surface area (TPSA) is 41.1 Å². The first-order chi connectivity index (χ1) is 7.74. The van der Waals surface area contributed by atoms with Crippen molar-refractivity contribution in [3.63, 3.8) is 0 Å². The molecule has 0 bridgehead atoms. The van der Waals surface area contributed by atoms with Crippen LogP contribution < -0.4 is 10.6 Å². The highest BCUT2D eigenvalue weighted by molar-refractivity contribution is 8.00. The van der Waals surface area contributed by atoms with Gasteiger partial charge in [-0.3, -0.25) is 4.79 Å². The summed E-state index contributed by atoms with van der Waals surface area (Å²) < 4.78 is 0. The number of carbonyl (C=O) groups excluding carboxylic acids is 1. The van der Waals surface area contributed by atoms with Crippen molar-refractivity contribution >= 4 is 30.1 Å². The molecule has 0 radical (unpaired) electrons. The molecule has 0 spiro atoms. The molecule has 1 amide bonds. The zero-order valence-corrected chi connectivity index (χ0v) is 12.5. The van der Waals surface area contributed by atoms with Crippen molar-refractivity contribution in [1.29, 1.82) is 0 Å². The van der Waals surface area contributed by atoms with Gasteiger partial charge in [0.25, 0.3) is 0 Å². The van der Waals surface area contributed by atoms with Crippen molar-refractivity contribution in [2.75, 3.05) is 18.8 Å². The average Bonchev–Trinajstić information content (AvgIpc) is 2.30. The molecule has 17 heavy (non-hydrogen) atoms. The molecule has 102 valence electrons. The summed E-state index contributed by atoms with van der Waals surface area (Å²) in [6, 6.07) is 0.343. The van der Waals surface area contributed by atoms with Crippen LogP contribution in [0, 0.1) is 0 Å². The van der Waals surface area contributed by atoms with Crippen molar-refractivity contribution < 1.29 is 4.79 Å². The Morgan fingerprint density at radius 3 is 2.94 bits per heavy atom. The molecule has 2 N–H and O–H groups in total. The zero-order valence-electron chi connectivity index (χ0n) is 10.8. The van der Waals surface area contributed by atoms with E-state index in [1.165, 1.54) is 19.3 Å². The number of halogens is 1. The van der Waals surface area contributed by atoms with Gasteiger partial charge in [0.1, 0.15) is 0 Å². The summed E-state index contributed by atoms with van der Waals surface area (Å²) in [5.74, 6) is 1.29. The van der Waals surface area contributed by atoms with Crippen LogP contribution in [-0.4, -0.2) is 36.0 Å². The fourth-order valence-corrected chi connectivity index (χ4v) is 2.80. The lowest BCUT2D eigenvalue weighted by Gasteiger charge is -2.25. The van der Waals surface area contributed by atoms with Crippen molar-refractivity contribution in [3.8, 4) is 0 Å². The van der Waals surface area contributed by atoms with Gasteiger partial charge < -0.3 is 10.6 Å². The van der Waals surface area contributed by atoms with Gasteiger partial charge >= 0.3 is 0 Å². The predicted octanol–water partition coefficient (Wildman–Crippen LogP) is 2.20. The van der Waals surface area contributed by atoms with E-state index >= 15 is 0 Å². The van der Waals surface area contributed by atoms with E-state index in [9.17, 15) is 4.79 Å². The fraction of sp³-hybridized carbons (Fsp3) is 0.917. The molecule has 0 aliphatic carbocycles. The number of unbranched alkanes of at least 4 members (excludes halogenated alkanes) is 1. The SMILES string of the molecule is CCCCSC(C)C(=O)NC1CCCNC1.Cl. The van der Waals surface area contributed by atoms with E-state index in [0.717, 1.165) is 25.3 Å². The quantitative estimate of drug-likeness (QED) is 0.733. The molecule has 0 saturated carbocycles. The van der Waals surface area contributed by atoms with Gasteiger partial charge in [0.05, 0.1) is 5.25 Å². The van der Waals surface area contributed by atoms with Gasteiger partial charge in [-0.2, -0.15) is 0 Å². The Labute approximate surface area is 115 Å². The third kappa shape index (κ3) is 7.17. The van der Waals surface area contributed by atoms with Crippen LogP contribution in [0.3, 0.4) is 0 Å². The summed E-state index contributed by atoms with van der Waals surface area (Å²) in [6.07, 6.45) is 4.69. The highest BCUT2D eigenvalue weighted by Crippen LogP contribution is 2.13. The second-order valence-corrected chi connectivity index (χ2v) is 5.87. The number of piperidine rings is 1. The van der Waals surface area contributed by atoms with E-state index in [1.54, 1.807) is 11.8 Å². The maximum atomic E-state index is 11.8. The molecule has 1 rings (SSSR count). The van der Waals surface area contributed by atoms with E-state index in [0.29, 0.717) is 6.04 Å². The van der Waals surface area contributed by atoms with Crippen molar-refractivity contribution in [2.24, 2.45) is 0 Å². The maximum Gasteiger partial charge on any atom is 0.233 e. The van der Waals surface area contributed by atoms with Crippen LogP contribution in [-0.2, 0) is 4.79 Å². The van der Waals surface area contributed by atoms with Crippen LogP contribution in [0.25, 0.3) is 0 Å². The van der Waals surface area contributed by atoms with Crippen molar-refractivity contribution in [1.82, 2.24) is 10.6 Å². The number of amides is 1. The third-order valence-corrected chi connectivity index (χ3v) is 4.12. The molecule has 1 fully saturated rings. The average molecular weight is 281 g/mol. The molecule has 0 aromatic heterocycles. The van der Waals surface area contributed by atoms with Gasteiger partial charge in [0, 0.05) is 12.6 Å². The molecule has 1 heterocycles. The number of nitrogens with one attached hydrogen (secondary N) is 2. The van der Waals surface area contributed by atoms with Crippen LogP contribution in [0.2, 0.25) is 0 Å². The number of rotatable bonds is 6. The van der Waals surface area contributed by atoms with E-state index in [1.807, 2.05) is 6.92 Å². The van der Waals surface area contributed by atoms with Crippen molar-refractivity contribution in [3.05, 3.63) is 0 Å². The Hall–Kier alpha value is 0.0700. The van der Waals surface area contributed by atoms with E-state index in [4.69, 9.17) is 0 Å². The highest BCUT2D eigenvalue weighted by Gasteiger charge is 2.19. The largest absolute Gasteiger partial charge is 0.351 e. The predicted molar refractivity (Wildman–Crippen MR) is 78.1 cm³/mol. The van der Waals surface area contributed by atoms with Gasteiger partial charge in [0.15, 0.2) is 0 Å². The van der Waals surface area contributed by atoms with E-state index < -0.39 is 0 Å². The summed E-state index contributed by atoms with van der Waals surface area (Å²) in [5, 5.41) is 6.52. The zero-order chi connectivity index (χ0) is 11.8. The molecule has 1 aliphatic rings. The van der Waals surface area contributed by atoms with Gasteiger partial charge in [-0.1, -0.05) is 13.3 Å². The lowest BCUT2D eigenvalue weighted by molar-refractivity contribution is -0.121. The number of hydrogen-bond acceptors (Lipinski definition) is 3. The molecule has 0 aromatic carbocycles. The number of hydrogen-bond donors (Lipinski definition) is 2. The van der Waals surface area contributed by atoms with Crippen LogP contribution in [0.15, 0.2) is 0 Å². The minimum absolute atomic E-state index is 0. The first-order valence-electron chi connectivity index (χ1n) is 6.36. The Morgan fingerprint density at radius 1 is 1.59 bits per heavy atom. The Kier molecular flexibility index (Phi) is 10.1. The summed E-state index contributed by atoms with van der Waals surface area (Å²) in [7, 11) is 0. The molecule has 1 aliphatic heterocycles. The molecule has 0 aromatic rings. The van der Waals surface area contributed by atoms with Gasteiger partial charge in [-0.05, 0) is 38.5 Å². The Morgan fingerprint density at radius 2 is 2.35 bits per heavy atom. The molecule has 5 heteroatoms. The molecule has 2 unspecified atom stereocenters. The van der Waals surface area contributed by atoms with Crippen LogP contribution in [0.1, 0.15) is 39.5 Å². The maximum absolute atomic E-state index is 11.8. The first kappa shape index (κ1) is 17.1. The molecule has 1 saturated heterocycles. The molecule has 2 atom stereocenters. The minimum Gasteiger partial charge on any atom is -0.351 e. The normalized spacial score (nSPS) is 21.4. The number of thioether (sulfide) groups is 1. The van der Waals surface area contributed by atoms with Crippen molar-refractivity contribution in [2.45, 2.75) is 50.8 Å². The monoisotopic (exact) mass is 280 g/mol. The van der Waals surface area contributed by atoms with E-state index in [-0.39, 0.29) is 23.6 Å². The van der Waals surface area contributed by atoms with Crippen LogP contribution >= 0.6 is 24.2 Å². The van der Waals surface area contributed by atoms with Gasteiger partial charge in [-0.15, -0.1) is 24.2 Å². The minimum atomic E-state index is 0. The third-order valence-electron chi connectivity index (χ3n) is 2.88. The standard InChI is InChI=1S/C12H24N2OS.ClH/c1-3-4-8-16-10(2)12(15)14-11-6-5-7-13-9-11;/h10-11,13H,3-9H2,1-2H3,(H,14,15);1H. The smallest absolute Gasteiger partial charge is 0.233 e. The lowest BCUT2D eigenvalue weighted by atomic mass is 10.1. The van der Waals surface area contributed by atoms with Gasteiger partial charge in [0.2, 0.25) is 5.91 Å². The summed E-state index contributed by atoms with van der Waals surface area (Å²) in [4.78, 5) is 11.8. The second-order valence-electron chi connectivity index (χ2n) is 4.42. The fourth-order valence-electron chi connectivity index (χ4n) is 1.77. The number of carbonyl (C=O) groups is 1. The first-order valence-corrected chi connectivity index (χ1v) is 7.41. The molecular formula is C12H25ClN2OS. The lowest BCUT2D eigenvalue weighted by Crippen LogP contribution is -2.47. The Bertz CT molecular complexity index is 211. The molecular weight excluding hydrogens is 256 g/mol. The van der Waals surface area contributed by atoms with Crippen LogP contribution in [0.5, 0.6) is 0 Å². The Balaban J connectivity index is 0.00000256. The second kappa shape index (κ2) is 10.0.